The lowest BCUT2D eigenvalue weighted by Crippen LogP contribution is -2.18. The van der Waals surface area contributed by atoms with Crippen molar-refractivity contribution in [2.75, 3.05) is 11.1 Å². The standard InChI is InChI=1S/C23H16F4N4OS/c24-16-12-10-15(11-13-16)21-29-30-22(31(21)17-6-2-1-3-7-17)33-14-20(32)28-19-9-5-4-8-18(19)23(25,26)27/h1-13H,14H2,(H,28,32). The molecule has 1 aromatic heterocycles. The number of carbonyl (C=O) groups excluding carboxylic acids is 1. The summed E-state index contributed by atoms with van der Waals surface area (Å²) in [6.45, 7) is 0. The summed E-state index contributed by atoms with van der Waals surface area (Å²) in [6.07, 6.45) is -4.59. The lowest BCUT2D eigenvalue weighted by molar-refractivity contribution is -0.137. The van der Waals surface area contributed by atoms with Crippen LogP contribution in [-0.4, -0.2) is 26.4 Å². The Morgan fingerprint density at radius 2 is 1.58 bits per heavy atom. The van der Waals surface area contributed by atoms with Crippen LogP contribution in [0.4, 0.5) is 23.2 Å². The van der Waals surface area contributed by atoms with Gasteiger partial charge in [-0.2, -0.15) is 13.2 Å². The topological polar surface area (TPSA) is 59.8 Å². The number of halogens is 4. The number of thioether (sulfide) groups is 1. The van der Waals surface area contributed by atoms with Crippen LogP contribution in [0.5, 0.6) is 0 Å². The quantitative estimate of drug-likeness (QED) is 0.284. The average Bonchev–Trinajstić information content (AvgIpc) is 3.22. The van der Waals surface area contributed by atoms with Crippen LogP contribution in [0, 0.1) is 5.82 Å². The zero-order chi connectivity index (χ0) is 23.4. The molecule has 5 nitrogen and oxygen atoms in total. The zero-order valence-corrected chi connectivity index (χ0v) is 17.7. The van der Waals surface area contributed by atoms with E-state index in [1.165, 1.54) is 30.3 Å². The maximum atomic E-state index is 13.4. The third kappa shape index (κ3) is 5.23. The highest BCUT2D eigenvalue weighted by molar-refractivity contribution is 7.99. The van der Waals surface area contributed by atoms with Gasteiger partial charge < -0.3 is 5.32 Å². The molecule has 0 saturated carbocycles. The molecule has 0 aliphatic carbocycles. The van der Waals surface area contributed by atoms with Gasteiger partial charge in [0.15, 0.2) is 11.0 Å². The van der Waals surface area contributed by atoms with Crippen molar-refractivity contribution in [3.05, 3.63) is 90.2 Å². The monoisotopic (exact) mass is 472 g/mol. The number of anilines is 1. The fraction of sp³-hybridized carbons (Fsp3) is 0.0870. The molecule has 0 atom stereocenters. The molecule has 168 valence electrons. The number of nitrogens with one attached hydrogen (secondary N) is 1. The van der Waals surface area contributed by atoms with Crippen molar-refractivity contribution in [1.29, 1.82) is 0 Å². The molecule has 0 saturated heterocycles. The molecule has 0 radical (unpaired) electrons. The molecular weight excluding hydrogens is 456 g/mol. The van der Waals surface area contributed by atoms with Gasteiger partial charge in [0.25, 0.3) is 0 Å². The molecule has 3 aromatic carbocycles. The Bertz CT molecular complexity index is 1260. The second kappa shape index (κ2) is 9.45. The number of alkyl halides is 3. The highest BCUT2D eigenvalue weighted by atomic mass is 32.2. The van der Waals surface area contributed by atoms with E-state index in [1.54, 1.807) is 16.7 Å². The molecule has 0 bridgehead atoms. The molecule has 0 fully saturated rings. The molecule has 1 amide bonds. The van der Waals surface area contributed by atoms with Gasteiger partial charge in [-0.1, -0.05) is 42.1 Å². The Kier molecular flexibility index (Phi) is 6.45. The Labute approximate surface area is 190 Å². The van der Waals surface area contributed by atoms with Crippen LogP contribution in [0.25, 0.3) is 17.1 Å². The first-order valence-electron chi connectivity index (χ1n) is 9.68. The molecule has 10 heteroatoms. The SMILES string of the molecule is O=C(CSc1nnc(-c2ccc(F)cc2)n1-c1ccccc1)Nc1ccccc1C(F)(F)F. The van der Waals surface area contributed by atoms with Gasteiger partial charge in [0.05, 0.1) is 17.0 Å². The van der Waals surface area contributed by atoms with Gasteiger partial charge in [0.1, 0.15) is 5.82 Å². The van der Waals surface area contributed by atoms with E-state index >= 15 is 0 Å². The fourth-order valence-corrected chi connectivity index (χ4v) is 3.87. The van der Waals surface area contributed by atoms with Gasteiger partial charge in [-0.25, -0.2) is 4.39 Å². The number of para-hydroxylation sites is 2. The molecule has 1 heterocycles. The Hall–Kier alpha value is -3.66. The maximum absolute atomic E-state index is 13.4. The second-order valence-corrected chi connectivity index (χ2v) is 7.81. The molecule has 0 aliphatic rings. The van der Waals surface area contributed by atoms with Crippen LogP contribution < -0.4 is 5.32 Å². The van der Waals surface area contributed by atoms with Gasteiger partial charge in [0, 0.05) is 11.3 Å². The molecule has 0 unspecified atom stereocenters. The van der Waals surface area contributed by atoms with Gasteiger partial charge >= 0.3 is 6.18 Å². The summed E-state index contributed by atoms with van der Waals surface area (Å²) >= 11 is 1.02. The lowest BCUT2D eigenvalue weighted by atomic mass is 10.1. The lowest BCUT2D eigenvalue weighted by Gasteiger charge is -2.13. The van der Waals surface area contributed by atoms with Crippen molar-refractivity contribution in [2.45, 2.75) is 11.3 Å². The molecule has 0 aliphatic heterocycles. The first kappa shape index (κ1) is 22.5. The fourth-order valence-electron chi connectivity index (χ4n) is 3.11. The first-order chi connectivity index (χ1) is 15.8. The zero-order valence-electron chi connectivity index (χ0n) is 16.9. The van der Waals surface area contributed by atoms with Crippen molar-refractivity contribution >= 4 is 23.4 Å². The van der Waals surface area contributed by atoms with Crippen molar-refractivity contribution in [3.63, 3.8) is 0 Å². The van der Waals surface area contributed by atoms with E-state index in [1.807, 2.05) is 30.3 Å². The Morgan fingerprint density at radius 3 is 2.27 bits per heavy atom. The number of benzene rings is 3. The van der Waals surface area contributed by atoms with E-state index in [-0.39, 0.29) is 11.4 Å². The maximum Gasteiger partial charge on any atom is 0.418 e. The van der Waals surface area contributed by atoms with Crippen molar-refractivity contribution in [1.82, 2.24) is 14.8 Å². The molecule has 33 heavy (non-hydrogen) atoms. The van der Waals surface area contributed by atoms with E-state index < -0.39 is 23.5 Å². The van der Waals surface area contributed by atoms with Crippen LogP contribution in [0.1, 0.15) is 5.56 Å². The summed E-state index contributed by atoms with van der Waals surface area (Å²) in [4.78, 5) is 12.4. The van der Waals surface area contributed by atoms with Gasteiger partial charge in [-0.3, -0.25) is 9.36 Å². The minimum absolute atomic E-state index is 0.194. The highest BCUT2D eigenvalue weighted by Gasteiger charge is 2.33. The highest BCUT2D eigenvalue weighted by Crippen LogP contribution is 2.35. The second-order valence-electron chi connectivity index (χ2n) is 6.86. The predicted molar refractivity (Wildman–Crippen MR) is 118 cm³/mol. The number of hydrogen-bond donors (Lipinski definition) is 1. The van der Waals surface area contributed by atoms with E-state index in [4.69, 9.17) is 0 Å². The number of rotatable bonds is 6. The van der Waals surface area contributed by atoms with E-state index in [0.29, 0.717) is 22.2 Å². The van der Waals surface area contributed by atoms with E-state index in [2.05, 4.69) is 15.5 Å². The molecular formula is C23H16F4N4OS. The van der Waals surface area contributed by atoms with Crippen molar-refractivity contribution in [3.8, 4) is 17.1 Å². The third-order valence-corrected chi connectivity index (χ3v) is 5.52. The smallest absolute Gasteiger partial charge is 0.325 e. The van der Waals surface area contributed by atoms with Crippen LogP contribution in [0.15, 0.2) is 84.0 Å². The minimum atomic E-state index is -4.59. The summed E-state index contributed by atoms with van der Waals surface area (Å²) in [5.74, 6) is -0.773. The Balaban J connectivity index is 1.58. The molecule has 4 rings (SSSR count). The van der Waals surface area contributed by atoms with Crippen molar-refractivity contribution in [2.24, 2.45) is 0 Å². The molecule has 0 spiro atoms. The minimum Gasteiger partial charge on any atom is -0.325 e. The van der Waals surface area contributed by atoms with Gasteiger partial charge in [-0.05, 0) is 48.5 Å². The number of aromatic nitrogens is 3. The number of carbonyl (C=O) groups is 1. The number of hydrogen-bond acceptors (Lipinski definition) is 4. The van der Waals surface area contributed by atoms with Crippen LogP contribution >= 0.6 is 11.8 Å². The van der Waals surface area contributed by atoms with E-state index in [0.717, 1.165) is 17.8 Å². The van der Waals surface area contributed by atoms with Gasteiger partial charge in [0.2, 0.25) is 5.91 Å². The number of nitrogens with zero attached hydrogens (tertiary/aromatic N) is 3. The summed E-state index contributed by atoms with van der Waals surface area (Å²) in [7, 11) is 0. The van der Waals surface area contributed by atoms with Gasteiger partial charge in [-0.15, -0.1) is 10.2 Å². The largest absolute Gasteiger partial charge is 0.418 e. The number of amides is 1. The van der Waals surface area contributed by atoms with Crippen LogP contribution in [0.2, 0.25) is 0 Å². The van der Waals surface area contributed by atoms with Crippen LogP contribution in [0.3, 0.4) is 0 Å². The predicted octanol–water partition coefficient (Wildman–Crippen LogP) is 5.82. The van der Waals surface area contributed by atoms with E-state index in [9.17, 15) is 22.4 Å². The summed E-state index contributed by atoms with van der Waals surface area (Å²) < 4.78 is 54.6. The normalized spacial score (nSPS) is 11.4. The average molecular weight is 472 g/mol. The Morgan fingerprint density at radius 1 is 0.909 bits per heavy atom. The molecule has 4 aromatic rings. The van der Waals surface area contributed by atoms with Crippen LogP contribution in [-0.2, 0) is 11.0 Å². The first-order valence-corrected chi connectivity index (χ1v) is 10.7. The molecule has 1 N–H and O–H groups in total. The summed E-state index contributed by atoms with van der Waals surface area (Å²) in [5.41, 5.74) is 0.0943. The third-order valence-electron chi connectivity index (χ3n) is 4.59. The summed E-state index contributed by atoms with van der Waals surface area (Å²) in [5, 5.41) is 11.0. The van der Waals surface area contributed by atoms with Crippen molar-refractivity contribution < 1.29 is 22.4 Å². The summed E-state index contributed by atoms with van der Waals surface area (Å²) in [6, 6.07) is 19.6.